The number of hydrogen-bond acceptors (Lipinski definition) is 14. The number of hydrogen-bond donors (Lipinski definition) is 8. The second kappa shape index (κ2) is 14.9. The second-order valence-electron chi connectivity index (χ2n) is 17.3. The van der Waals surface area contributed by atoms with Crippen molar-refractivity contribution in [1.29, 1.82) is 0 Å². The number of urea groups is 1. The van der Waals surface area contributed by atoms with Crippen molar-refractivity contribution in [2.45, 2.75) is 157 Å². The van der Waals surface area contributed by atoms with E-state index in [1.165, 1.54) is 27.7 Å². The molecule has 6 unspecified atom stereocenters. The van der Waals surface area contributed by atoms with Crippen molar-refractivity contribution in [3.05, 3.63) is 0 Å². The van der Waals surface area contributed by atoms with Gasteiger partial charge in [0.25, 0.3) is 0 Å². The summed E-state index contributed by atoms with van der Waals surface area (Å²) in [4.78, 5) is 37.8. The number of ether oxygens (including phenoxy) is 5. The maximum atomic E-state index is 13.2. The van der Waals surface area contributed by atoms with Gasteiger partial charge in [0.1, 0.15) is 41.2 Å². The third-order valence-electron chi connectivity index (χ3n) is 12.9. The predicted octanol–water partition coefficient (Wildman–Crippen LogP) is 0.480. The van der Waals surface area contributed by atoms with E-state index in [1.54, 1.807) is 53.3 Å². The van der Waals surface area contributed by atoms with E-state index in [9.17, 15) is 39.9 Å². The van der Waals surface area contributed by atoms with E-state index in [1.807, 2.05) is 0 Å². The van der Waals surface area contributed by atoms with Crippen LogP contribution < -0.4 is 16.0 Å². The van der Waals surface area contributed by atoms with Gasteiger partial charge in [-0.25, -0.2) is 4.79 Å². The van der Waals surface area contributed by atoms with Crippen molar-refractivity contribution in [2.24, 2.45) is 5.41 Å². The summed E-state index contributed by atoms with van der Waals surface area (Å²) < 4.78 is 30.5. The number of aliphatic hydroxyl groups excluding tert-OH is 3. The highest BCUT2D eigenvalue weighted by Crippen LogP contribution is 2.64. The topological polar surface area (TPSA) is 235 Å². The van der Waals surface area contributed by atoms with E-state index in [0.29, 0.717) is 6.42 Å². The van der Waals surface area contributed by atoms with E-state index in [0.717, 1.165) is 18.6 Å². The summed E-state index contributed by atoms with van der Waals surface area (Å²) in [6.07, 6.45) is 2.25. The van der Waals surface area contributed by atoms with Gasteiger partial charge in [0.2, 0.25) is 11.7 Å². The van der Waals surface area contributed by atoms with Gasteiger partial charge in [0, 0.05) is 29.8 Å². The highest BCUT2D eigenvalue weighted by molar-refractivity contribution is 8.00. The number of aliphatic hydroxyl groups is 5. The smallest absolute Gasteiger partial charge is 0.315 e. The molecule has 0 spiro atoms. The molecule has 17 heteroatoms. The van der Waals surface area contributed by atoms with Gasteiger partial charge in [-0.1, -0.05) is 13.3 Å². The first-order valence-corrected chi connectivity index (χ1v) is 19.4. The van der Waals surface area contributed by atoms with Crippen LogP contribution in [0.3, 0.4) is 0 Å². The van der Waals surface area contributed by atoms with Crippen molar-refractivity contribution < 1.29 is 63.6 Å². The Hall–Kier alpha value is -1.80. The third kappa shape index (κ3) is 7.32. The molecule has 2 bridgehead atoms. The summed E-state index contributed by atoms with van der Waals surface area (Å²) >= 11 is 1.80. The van der Waals surface area contributed by atoms with Crippen molar-refractivity contribution >= 4 is 29.7 Å². The minimum absolute atomic E-state index is 0.0751. The molecule has 0 aromatic rings. The molecule has 5 fully saturated rings. The van der Waals surface area contributed by atoms with Crippen molar-refractivity contribution in [2.75, 3.05) is 45.4 Å². The summed E-state index contributed by atoms with van der Waals surface area (Å²) in [5.41, 5.74) is -12.3. The SMILES string of the molecule is CC(=O)NC(C)(C(C)(CO)COC[C@]1(C)OC2(CO)OC(C)(C1(C)O)[C@@]2(C)O)[C@](C)(COC(=O)CCCCC1SC[C@@H]2NC(=O)N[C@H]12)OC(C)(C)CO. The molecule has 5 saturated heterocycles. The molecule has 306 valence electrons. The van der Waals surface area contributed by atoms with Crippen molar-refractivity contribution in [3.8, 4) is 0 Å². The van der Waals surface area contributed by atoms with Crippen LogP contribution in [-0.2, 0) is 33.3 Å². The highest BCUT2D eigenvalue weighted by Gasteiger charge is 2.86. The van der Waals surface area contributed by atoms with Crippen LogP contribution in [0.25, 0.3) is 0 Å². The van der Waals surface area contributed by atoms with E-state index < -0.39 is 82.0 Å². The normalized spacial score (nSPS) is 38.3. The molecule has 5 rings (SSSR count). The quantitative estimate of drug-likeness (QED) is 0.0507. The van der Waals surface area contributed by atoms with E-state index >= 15 is 0 Å². The summed E-state index contributed by atoms with van der Waals surface area (Å²) in [6.45, 7) is 12.9. The molecule has 3 amide bonds. The average Bonchev–Trinajstić information content (AvgIpc) is 3.62. The van der Waals surface area contributed by atoms with Crippen LogP contribution in [0.4, 0.5) is 4.79 Å². The fourth-order valence-electron chi connectivity index (χ4n) is 8.45. The number of carbonyl (C=O) groups is 3. The summed E-state index contributed by atoms with van der Waals surface area (Å²) in [6, 6.07) is 0.0479. The zero-order chi connectivity index (χ0) is 40.1. The Balaban J connectivity index is 1.49. The Labute approximate surface area is 316 Å². The van der Waals surface area contributed by atoms with Gasteiger partial charge in [-0.2, -0.15) is 11.8 Å². The number of amides is 3. The molecule has 0 aromatic heterocycles. The largest absolute Gasteiger partial charge is 0.463 e. The molecule has 5 aliphatic rings. The number of carbonyl (C=O) groups excluding carboxylic acids is 3. The fraction of sp³-hybridized carbons (Fsp3) is 0.917. The second-order valence-corrected chi connectivity index (χ2v) is 18.6. The van der Waals surface area contributed by atoms with E-state index in [4.69, 9.17) is 23.7 Å². The first kappa shape index (κ1) is 43.9. The molecular formula is C36H63N3O13S. The van der Waals surface area contributed by atoms with Crippen LogP contribution in [0.15, 0.2) is 0 Å². The Morgan fingerprint density at radius 3 is 2.19 bits per heavy atom. The van der Waals surface area contributed by atoms with E-state index in [-0.39, 0.29) is 49.6 Å². The molecule has 5 heterocycles. The lowest BCUT2D eigenvalue weighted by molar-refractivity contribution is -0.579. The molecule has 16 nitrogen and oxygen atoms in total. The first-order chi connectivity index (χ1) is 24.3. The van der Waals surface area contributed by atoms with Crippen molar-refractivity contribution in [3.63, 3.8) is 0 Å². The average molecular weight is 778 g/mol. The van der Waals surface area contributed by atoms with Gasteiger partial charge >= 0.3 is 12.0 Å². The predicted molar refractivity (Wildman–Crippen MR) is 194 cm³/mol. The summed E-state index contributed by atoms with van der Waals surface area (Å²) in [5, 5.41) is 63.5. The minimum Gasteiger partial charge on any atom is -0.463 e. The number of unbranched alkanes of at least 4 members (excludes halogenated alkanes) is 1. The maximum Gasteiger partial charge on any atom is 0.315 e. The zero-order valence-corrected chi connectivity index (χ0v) is 33.7. The van der Waals surface area contributed by atoms with Crippen LogP contribution in [0.2, 0.25) is 0 Å². The maximum absolute atomic E-state index is 13.2. The number of fused-ring (bicyclic) bond motifs is 3. The Morgan fingerprint density at radius 1 is 0.962 bits per heavy atom. The lowest BCUT2D eigenvalue weighted by atomic mass is 9.56. The fourth-order valence-corrected chi connectivity index (χ4v) is 10.00. The van der Waals surface area contributed by atoms with Gasteiger partial charge < -0.3 is 65.2 Å². The Bertz CT molecular complexity index is 1390. The standard InChI is InChI=1S/C36H63N3O13S/c1-22(43)39-32(7,29(4,17-41)19-48-20-31(6)33(8,46)35(10)34(9,47)36(18-42,51-31)52-35)30(5,50-28(2,3)16-40)21-49-25(44)14-12-11-13-24-26-23(15-53-24)37-27(45)38-26/h23-24,26,40-42,46-47H,11-21H2,1-10H3,(H,39,43)(H2,37,38,45)/t23-,24?,26-,29?,30-,31-,32?,33?,34+,35?,36?/m0/s1. The molecule has 0 saturated carbocycles. The van der Waals surface area contributed by atoms with Gasteiger partial charge in [0.05, 0.1) is 49.7 Å². The molecule has 11 atom stereocenters. The van der Waals surface area contributed by atoms with Gasteiger partial charge in [-0.15, -0.1) is 0 Å². The molecular weight excluding hydrogens is 714 g/mol. The summed E-state index contributed by atoms with van der Waals surface area (Å²) in [7, 11) is 0. The van der Waals surface area contributed by atoms with Crippen molar-refractivity contribution in [1.82, 2.24) is 16.0 Å². The van der Waals surface area contributed by atoms with Crippen LogP contribution in [-0.4, -0.2) is 151 Å². The molecule has 53 heavy (non-hydrogen) atoms. The monoisotopic (exact) mass is 777 g/mol. The Morgan fingerprint density at radius 2 is 1.62 bits per heavy atom. The minimum atomic E-state index is -1.84. The van der Waals surface area contributed by atoms with Crippen LogP contribution in [0.1, 0.15) is 94.9 Å². The molecule has 0 radical (unpaired) electrons. The molecule has 5 aliphatic heterocycles. The third-order valence-corrected chi connectivity index (χ3v) is 14.4. The zero-order valence-electron chi connectivity index (χ0n) is 32.9. The molecule has 0 aromatic carbocycles. The van der Waals surface area contributed by atoms with Crippen LogP contribution in [0.5, 0.6) is 0 Å². The molecule has 0 aliphatic carbocycles. The van der Waals surface area contributed by atoms with Gasteiger partial charge in [-0.05, 0) is 68.2 Å². The van der Waals surface area contributed by atoms with Crippen LogP contribution in [0, 0.1) is 5.41 Å². The van der Waals surface area contributed by atoms with E-state index in [2.05, 4.69) is 16.0 Å². The summed E-state index contributed by atoms with van der Waals surface area (Å²) in [5.74, 6) is -1.93. The Kier molecular flexibility index (Phi) is 12.4. The van der Waals surface area contributed by atoms with Gasteiger partial charge in [-0.3, -0.25) is 9.59 Å². The highest BCUT2D eigenvalue weighted by atomic mass is 32.2. The van der Waals surface area contributed by atoms with Gasteiger partial charge in [0.15, 0.2) is 0 Å². The molecule has 8 N–H and O–H groups in total. The first-order valence-electron chi connectivity index (χ1n) is 18.4. The number of rotatable bonds is 19. The lowest BCUT2D eigenvalue weighted by Gasteiger charge is -2.76. The number of nitrogens with one attached hydrogen (secondary N) is 3. The number of thioether (sulfide) groups is 1. The number of esters is 1. The lowest BCUT2D eigenvalue weighted by Crippen LogP contribution is -2.96. The van der Waals surface area contributed by atoms with Crippen LogP contribution >= 0.6 is 11.8 Å².